The second kappa shape index (κ2) is 5.18. The van der Waals surface area contributed by atoms with Gasteiger partial charge in [0.15, 0.2) is 0 Å². The molecule has 18 heavy (non-hydrogen) atoms. The van der Waals surface area contributed by atoms with Crippen LogP contribution in [0, 0.1) is 12.7 Å². The van der Waals surface area contributed by atoms with Gasteiger partial charge < -0.3 is 5.11 Å². The number of H-pyrrole nitrogens is 1. The van der Waals surface area contributed by atoms with Crippen LogP contribution >= 0.6 is 11.8 Å². The summed E-state index contributed by atoms with van der Waals surface area (Å²) in [5, 5.41) is 16.1. The van der Waals surface area contributed by atoms with Crippen molar-refractivity contribution >= 4 is 17.7 Å². The van der Waals surface area contributed by atoms with Crippen LogP contribution in [0.3, 0.4) is 0 Å². The highest BCUT2D eigenvalue weighted by Gasteiger charge is 2.12. The SMILES string of the molecule is Cc1nc(SCc2ccc(F)cc2C(=O)O)n[nH]1. The van der Waals surface area contributed by atoms with Crippen LogP contribution in [-0.2, 0) is 5.75 Å². The maximum absolute atomic E-state index is 13.0. The smallest absolute Gasteiger partial charge is 0.336 e. The van der Waals surface area contributed by atoms with E-state index >= 15 is 0 Å². The van der Waals surface area contributed by atoms with E-state index in [1.807, 2.05) is 0 Å². The first kappa shape index (κ1) is 12.6. The van der Waals surface area contributed by atoms with E-state index in [9.17, 15) is 9.18 Å². The van der Waals surface area contributed by atoms with Crippen LogP contribution in [-0.4, -0.2) is 26.3 Å². The standard InChI is InChI=1S/C11H10FN3O2S/c1-6-13-11(15-14-6)18-5-7-2-3-8(12)4-9(7)10(16)17/h2-4H,5H2,1H3,(H,16,17)(H,13,14,15). The van der Waals surface area contributed by atoms with E-state index in [1.54, 1.807) is 6.92 Å². The number of thioether (sulfide) groups is 1. The average molecular weight is 267 g/mol. The number of rotatable bonds is 4. The van der Waals surface area contributed by atoms with Gasteiger partial charge in [0.1, 0.15) is 11.6 Å². The summed E-state index contributed by atoms with van der Waals surface area (Å²) in [4.78, 5) is 15.1. The first-order valence-electron chi connectivity index (χ1n) is 5.10. The zero-order chi connectivity index (χ0) is 13.1. The number of carboxylic acid groups (broad SMARTS) is 1. The van der Waals surface area contributed by atoms with E-state index in [4.69, 9.17) is 5.11 Å². The summed E-state index contributed by atoms with van der Waals surface area (Å²) in [7, 11) is 0. The van der Waals surface area contributed by atoms with Gasteiger partial charge in [-0.25, -0.2) is 14.2 Å². The molecule has 0 unspecified atom stereocenters. The first-order valence-corrected chi connectivity index (χ1v) is 6.08. The lowest BCUT2D eigenvalue weighted by Gasteiger charge is -2.04. The van der Waals surface area contributed by atoms with Gasteiger partial charge in [-0.05, 0) is 24.6 Å². The normalized spacial score (nSPS) is 10.6. The number of carbonyl (C=O) groups is 1. The molecule has 0 amide bonds. The minimum absolute atomic E-state index is 0.0326. The lowest BCUT2D eigenvalue weighted by Crippen LogP contribution is -2.02. The molecule has 2 aromatic rings. The third kappa shape index (κ3) is 2.86. The maximum atomic E-state index is 13.0. The number of aromatic carboxylic acids is 1. The average Bonchev–Trinajstić information content (AvgIpc) is 2.73. The van der Waals surface area contributed by atoms with Crippen LogP contribution in [0.25, 0.3) is 0 Å². The molecule has 2 rings (SSSR count). The number of hydrogen-bond donors (Lipinski definition) is 2. The van der Waals surface area contributed by atoms with E-state index < -0.39 is 11.8 Å². The Morgan fingerprint density at radius 3 is 2.94 bits per heavy atom. The summed E-state index contributed by atoms with van der Waals surface area (Å²) in [6.45, 7) is 1.78. The van der Waals surface area contributed by atoms with Gasteiger partial charge in [0.05, 0.1) is 5.56 Å². The topological polar surface area (TPSA) is 78.9 Å². The van der Waals surface area contributed by atoms with Gasteiger partial charge in [0.2, 0.25) is 5.16 Å². The number of aryl methyl sites for hydroxylation is 1. The highest BCUT2D eigenvalue weighted by atomic mass is 32.2. The molecule has 0 atom stereocenters. The summed E-state index contributed by atoms with van der Waals surface area (Å²) in [5.74, 6) is -0.639. The summed E-state index contributed by atoms with van der Waals surface area (Å²) in [6, 6.07) is 3.72. The van der Waals surface area contributed by atoms with Crippen molar-refractivity contribution in [2.75, 3.05) is 0 Å². The molecule has 1 aromatic carbocycles. The summed E-state index contributed by atoms with van der Waals surface area (Å²) >= 11 is 1.29. The molecule has 0 radical (unpaired) electrons. The van der Waals surface area contributed by atoms with Crippen molar-refractivity contribution in [3.8, 4) is 0 Å². The van der Waals surface area contributed by atoms with Crippen LogP contribution in [0.15, 0.2) is 23.4 Å². The van der Waals surface area contributed by atoms with Crippen molar-refractivity contribution in [1.29, 1.82) is 0 Å². The number of halogens is 1. The molecule has 0 saturated heterocycles. The molecule has 5 nitrogen and oxygen atoms in total. The zero-order valence-corrected chi connectivity index (χ0v) is 10.3. The molecule has 0 aliphatic heterocycles. The van der Waals surface area contributed by atoms with Crippen molar-refractivity contribution in [1.82, 2.24) is 15.2 Å². The van der Waals surface area contributed by atoms with Crippen molar-refractivity contribution in [3.63, 3.8) is 0 Å². The molecule has 94 valence electrons. The Morgan fingerprint density at radius 1 is 1.56 bits per heavy atom. The van der Waals surface area contributed by atoms with Crippen LogP contribution < -0.4 is 0 Å². The van der Waals surface area contributed by atoms with Crippen LogP contribution in [0.1, 0.15) is 21.7 Å². The molecule has 0 saturated carbocycles. The Hall–Kier alpha value is -1.89. The number of aromatic amines is 1. The van der Waals surface area contributed by atoms with Crippen molar-refractivity contribution in [2.24, 2.45) is 0 Å². The fourth-order valence-electron chi connectivity index (χ4n) is 1.40. The maximum Gasteiger partial charge on any atom is 0.336 e. The quantitative estimate of drug-likeness (QED) is 0.830. The Balaban J connectivity index is 2.16. The largest absolute Gasteiger partial charge is 0.478 e. The number of benzene rings is 1. The number of aromatic nitrogens is 3. The highest BCUT2D eigenvalue weighted by Crippen LogP contribution is 2.22. The van der Waals surface area contributed by atoms with Gasteiger partial charge in [-0.2, -0.15) is 0 Å². The second-order valence-corrected chi connectivity index (χ2v) is 4.54. The molecular weight excluding hydrogens is 257 g/mol. The van der Waals surface area contributed by atoms with Gasteiger partial charge in [-0.3, -0.25) is 5.10 Å². The fraction of sp³-hybridized carbons (Fsp3) is 0.182. The van der Waals surface area contributed by atoms with Crippen molar-refractivity contribution in [3.05, 3.63) is 41.0 Å². The predicted molar refractivity (Wildman–Crippen MR) is 64.0 cm³/mol. The molecule has 2 N–H and O–H groups in total. The Morgan fingerprint density at radius 2 is 2.33 bits per heavy atom. The Labute approximate surface area is 106 Å². The van der Waals surface area contributed by atoms with E-state index in [1.165, 1.54) is 23.9 Å². The molecular formula is C11H10FN3O2S. The van der Waals surface area contributed by atoms with Gasteiger partial charge in [0.25, 0.3) is 0 Å². The third-order valence-electron chi connectivity index (χ3n) is 2.24. The van der Waals surface area contributed by atoms with E-state index in [-0.39, 0.29) is 5.56 Å². The lowest BCUT2D eigenvalue weighted by atomic mass is 10.1. The van der Waals surface area contributed by atoms with Crippen LogP contribution in [0.2, 0.25) is 0 Å². The molecule has 0 aliphatic carbocycles. The monoisotopic (exact) mass is 267 g/mol. The summed E-state index contributed by atoms with van der Waals surface area (Å²) in [6.07, 6.45) is 0. The first-order chi connectivity index (χ1) is 8.56. The number of hydrogen-bond acceptors (Lipinski definition) is 4. The Bertz CT molecular complexity index is 585. The molecule has 0 aliphatic rings. The lowest BCUT2D eigenvalue weighted by molar-refractivity contribution is 0.0695. The molecule has 1 aromatic heterocycles. The second-order valence-electron chi connectivity index (χ2n) is 3.60. The van der Waals surface area contributed by atoms with E-state index in [0.29, 0.717) is 22.3 Å². The fourth-order valence-corrected chi connectivity index (χ4v) is 2.25. The molecule has 0 spiro atoms. The molecule has 0 fully saturated rings. The molecule has 7 heteroatoms. The minimum atomic E-state index is -1.14. The minimum Gasteiger partial charge on any atom is -0.478 e. The summed E-state index contributed by atoms with van der Waals surface area (Å²) < 4.78 is 13.0. The third-order valence-corrected chi connectivity index (χ3v) is 3.13. The van der Waals surface area contributed by atoms with Gasteiger partial charge in [-0.15, -0.1) is 5.10 Å². The van der Waals surface area contributed by atoms with E-state index in [2.05, 4.69) is 15.2 Å². The van der Waals surface area contributed by atoms with Crippen LogP contribution in [0.4, 0.5) is 4.39 Å². The Kier molecular flexibility index (Phi) is 3.61. The van der Waals surface area contributed by atoms with Gasteiger partial charge in [-0.1, -0.05) is 17.8 Å². The predicted octanol–water partition coefficient (Wildman–Crippen LogP) is 2.24. The van der Waals surface area contributed by atoms with Crippen molar-refractivity contribution in [2.45, 2.75) is 17.8 Å². The number of carboxylic acids is 1. The van der Waals surface area contributed by atoms with Gasteiger partial charge >= 0.3 is 5.97 Å². The highest BCUT2D eigenvalue weighted by molar-refractivity contribution is 7.98. The van der Waals surface area contributed by atoms with Crippen LogP contribution in [0.5, 0.6) is 0 Å². The van der Waals surface area contributed by atoms with Crippen molar-refractivity contribution < 1.29 is 14.3 Å². The van der Waals surface area contributed by atoms with E-state index in [0.717, 1.165) is 6.07 Å². The molecule has 0 bridgehead atoms. The number of nitrogens with zero attached hydrogens (tertiary/aromatic N) is 2. The van der Waals surface area contributed by atoms with Gasteiger partial charge in [0, 0.05) is 5.75 Å². The summed E-state index contributed by atoms with van der Waals surface area (Å²) in [5.41, 5.74) is 0.506. The zero-order valence-electron chi connectivity index (χ0n) is 9.48. The number of nitrogens with one attached hydrogen (secondary N) is 1. The molecule has 1 heterocycles.